The molecule has 1 aromatic carbocycles. The molecule has 0 saturated carbocycles. The van der Waals surface area contributed by atoms with Gasteiger partial charge in [0.2, 0.25) is 12.2 Å². The Bertz CT molecular complexity index is 1180. The van der Waals surface area contributed by atoms with Gasteiger partial charge in [0.25, 0.3) is 5.91 Å². The number of nitrogens with zero attached hydrogens (tertiary/aromatic N) is 5. The number of aromatic nitrogens is 4. The number of carbonyl (C=O) groups is 1. The first-order valence-corrected chi connectivity index (χ1v) is 9.54. The van der Waals surface area contributed by atoms with Crippen LogP contribution in [0.5, 0.6) is 0 Å². The number of hydrogen-bond donors (Lipinski definition) is 0. The third-order valence-corrected chi connectivity index (χ3v) is 5.23. The van der Waals surface area contributed by atoms with Crippen molar-refractivity contribution in [3.05, 3.63) is 60.4 Å². The molecule has 4 heterocycles. The Hall–Kier alpha value is -3.55. The smallest absolute Gasteiger partial charge is 0.257 e. The van der Waals surface area contributed by atoms with Crippen LogP contribution in [0, 0.1) is 5.82 Å². The normalized spacial score (nSPS) is 14.4. The number of carbonyl (C=O) groups excluding carboxylic acids is 1. The summed E-state index contributed by atoms with van der Waals surface area (Å²) >= 11 is 0. The van der Waals surface area contributed by atoms with Crippen molar-refractivity contribution in [2.75, 3.05) is 13.1 Å². The quantitative estimate of drug-likeness (QED) is 0.531. The monoisotopic (exact) mass is 391 g/mol. The zero-order chi connectivity index (χ0) is 19.8. The van der Waals surface area contributed by atoms with E-state index in [0.29, 0.717) is 33.7 Å². The van der Waals surface area contributed by atoms with Gasteiger partial charge in [0.05, 0.1) is 23.0 Å². The Labute approximate surface area is 165 Å². The maximum absolute atomic E-state index is 14.3. The first-order valence-electron chi connectivity index (χ1n) is 9.54. The average Bonchev–Trinajstić information content (AvgIpc) is 3.43. The minimum Gasteiger partial charge on any atom is -0.342 e. The zero-order valence-electron chi connectivity index (χ0n) is 15.6. The highest BCUT2D eigenvalue weighted by Gasteiger charge is 2.22. The van der Waals surface area contributed by atoms with Crippen molar-refractivity contribution in [3.63, 3.8) is 0 Å². The molecule has 4 aromatic rings. The summed E-state index contributed by atoms with van der Waals surface area (Å²) in [7, 11) is 0. The molecule has 0 spiro atoms. The third kappa shape index (κ3) is 3.16. The third-order valence-electron chi connectivity index (χ3n) is 5.23. The van der Waals surface area contributed by atoms with E-state index in [2.05, 4.69) is 15.2 Å². The van der Waals surface area contributed by atoms with Gasteiger partial charge in [-0.25, -0.2) is 8.91 Å². The fourth-order valence-electron chi connectivity index (χ4n) is 3.83. The molecule has 1 fully saturated rings. The average molecular weight is 391 g/mol. The van der Waals surface area contributed by atoms with E-state index in [0.717, 1.165) is 32.4 Å². The molecule has 0 bridgehead atoms. The molecule has 0 radical (unpaired) electrons. The molecule has 29 heavy (non-hydrogen) atoms. The van der Waals surface area contributed by atoms with Gasteiger partial charge < -0.3 is 9.42 Å². The summed E-state index contributed by atoms with van der Waals surface area (Å²) in [6, 6.07) is 10.1. The topological polar surface area (TPSA) is 76.5 Å². The van der Waals surface area contributed by atoms with E-state index in [1.807, 2.05) is 23.1 Å². The Balaban J connectivity index is 1.59. The molecule has 146 valence electrons. The SMILES string of the molecule is O=C(c1cnn2c(-c3cc(F)cc(-c4ncon4)c3)cccc12)N1CCCCC1. The molecule has 1 aliphatic heterocycles. The minimum absolute atomic E-state index is 0.0106. The number of rotatable bonds is 3. The molecule has 0 atom stereocenters. The predicted octanol–water partition coefficient (Wildman–Crippen LogP) is 3.82. The number of piperidine rings is 1. The zero-order valence-corrected chi connectivity index (χ0v) is 15.6. The van der Waals surface area contributed by atoms with Gasteiger partial charge in [-0.1, -0.05) is 11.2 Å². The number of likely N-dealkylation sites (tertiary alicyclic amines) is 1. The van der Waals surface area contributed by atoms with Crippen molar-refractivity contribution in [2.24, 2.45) is 0 Å². The molecule has 0 N–H and O–H groups in total. The first kappa shape index (κ1) is 17.5. The number of fused-ring (bicyclic) bond motifs is 1. The van der Waals surface area contributed by atoms with E-state index in [9.17, 15) is 9.18 Å². The van der Waals surface area contributed by atoms with Gasteiger partial charge in [-0.05, 0) is 49.6 Å². The van der Waals surface area contributed by atoms with Crippen LogP contribution in [-0.4, -0.2) is 43.7 Å². The number of amides is 1. The van der Waals surface area contributed by atoms with Gasteiger partial charge >= 0.3 is 0 Å². The summed E-state index contributed by atoms with van der Waals surface area (Å²) in [6.45, 7) is 1.54. The van der Waals surface area contributed by atoms with Crippen LogP contribution >= 0.6 is 0 Å². The fourth-order valence-corrected chi connectivity index (χ4v) is 3.83. The molecule has 1 saturated heterocycles. The van der Waals surface area contributed by atoms with E-state index in [-0.39, 0.29) is 5.91 Å². The van der Waals surface area contributed by atoms with Crippen LogP contribution in [0.1, 0.15) is 29.6 Å². The van der Waals surface area contributed by atoms with Crippen LogP contribution in [-0.2, 0) is 0 Å². The van der Waals surface area contributed by atoms with Gasteiger partial charge in [0.15, 0.2) is 0 Å². The lowest BCUT2D eigenvalue weighted by molar-refractivity contribution is 0.0726. The van der Waals surface area contributed by atoms with Crippen molar-refractivity contribution in [3.8, 4) is 22.6 Å². The van der Waals surface area contributed by atoms with Crippen molar-refractivity contribution in [1.29, 1.82) is 0 Å². The van der Waals surface area contributed by atoms with E-state index in [1.54, 1.807) is 16.8 Å². The molecule has 8 heteroatoms. The molecular formula is C21H18FN5O2. The van der Waals surface area contributed by atoms with Crippen LogP contribution < -0.4 is 0 Å². The highest BCUT2D eigenvalue weighted by Crippen LogP contribution is 2.28. The summed E-state index contributed by atoms with van der Waals surface area (Å²) < 4.78 is 20.7. The van der Waals surface area contributed by atoms with Crippen LogP contribution in [0.25, 0.3) is 28.2 Å². The first-order chi connectivity index (χ1) is 14.2. The largest absolute Gasteiger partial charge is 0.342 e. The maximum atomic E-state index is 14.3. The van der Waals surface area contributed by atoms with Gasteiger partial charge in [0, 0.05) is 24.2 Å². The van der Waals surface area contributed by atoms with Crippen molar-refractivity contribution >= 4 is 11.4 Å². The summed E-state index contributed by atoms with van der Waals surface area (Å²) in [5, 5.41) is 8.21. The number of halogens is 1. The van der Waals surface area contributed by atoms with E-state index in [4.69, 9.17) is 4.52 Å². The highest BCUT2D eigenvalue weighted by molar-refractivity contribution is 6.01. The number of benzene rings is 1. The van der Waals surface area contributed by atoms with Gasteiger partial charge in [-0.15, -0.1) is 0 Å². The standard InChI is InChI=1S/C21H18FN5O2/c22-16-10-14(9-15(11-16)20-23-13-29-25-20)18-5-4-6-19-17(12-24-27(18)19)21(28)26-7-2-1-3-8-26/h4-6,9-13H,1-3,7-8H2. The molecule has 1 aliphatic rings. The second-order valence-corrected chi connectivity index (χ2v) is 7.10. The lowest BCUT2D eigenvalue weighted by Crippen LogP contribution is -2.35. The Morgan fingerprint density at radius 2 is 1.90 bits per heavy atom. The number of pyridine rings is 1. The lowest BCUT2D eigenvalue weighted by Gasteiger charge is -2.26. The molecule has 1 amide bonds. The van der Waals surface area contributed by atoms with E-state index >= 15 is 0 Å². The molecule has 5 rings (SSSR count). The second kappa shape index (κ2) is 7.12. The second-order valence-electron chi connectivity index (χ2n) is 7.10. The number of hydrogen-bond acceptors (Lipinski definition) is 5. The van der Waals surface area contributed by atoms with Gasteiger partial charge in [-0.3, -0.25) is 4.79 Å². The minimum atomic E-state index is -0.420. The van der Waals surface area contributed by atoms with Crippen molar-refractivity contribution < 1.29 is 13.7 Å². The Morgan fingerprint density at radius 1 is 1.07 bits per heavy atom. The summed E-state index contributed by atoms with van der Waals surface area (Å²) in [4.78, 5) is 18.8. The van der Waals surface area contributed by atoms with Gasteiger partial charge in [-0.2, -0.15) is 10.1 Å². The molecule has 0 unspecified atom stereocenters. The van der Waals surface area contributed by atoms with E-state index < -0.39 is 5.82 Å². The van der Waals surface area contributed by atoms with Gasteiger partial charge in [0.1, 0.15) is 5.82 Å². The summed E-state index contributed by atoms with van der Waals surface area (Å²) in [5.41, 5.74) is 3.04. The molecule has 7 nitrogen and oxygen atoms in total. The van der Waals surface area contributed by atoms with Crippen LogP contribution in [0.4, 0.5) is 4.39 Å². The molecule has 3 aromatic heterocycles. The molecule has 0 aliphatic carbocycles. The van der Waals surface area contributed by atoms with E-state index in [1.165, 1.54) is 18.5 Å². The summed E-state index contributed by atoms with van der Waals surface area (Å²) in [5.74, 6) is -0.126. The Kier molecular flexibility index (Phi) is 4.31. The fraction of sp³-hybridized carbons (Fsp3) is 0.238. The predicted molar refractivity (Wildman–Crippen MR) is 104 cm³/mol. The lowest BCUT2D eigenvalue weighted by atomic mass is 10.1. The van der Waals surface area contributed by atoms with Crippen LogP contribution in [0.2, 0.25) is 0 Å². The van der Waals surface area contributed by atoms with Crippen LogP contribution in [0.3, 0.4) is 0 Å². The highest BCUT2D eigenvalue weighted by atomic mass is 19.1. The maximum Gasteiger partial charge on any atom is 0.257 e. The van der Waals surface area contributed by atoms with Crippen molar-refractivity contribution in [1.82, 2.24) is 24.7 Å². The van der Waals surface area contributed by atoms with Crippen molar-refractivity contribution in [2.45, 2.75) is 19.3 Å². The van der Waals surface area contributed by atoms with Crippen LogP contribution in [0.15, 0.2) is 53.5 Å². The summed E-state index contributed by atoms with van der Waals surface area (Å²) in [6.07, 6.45) is 6.00. The Morgan fingerprint density at radius 3 is 2.69 bits per heavy atom. The molecular weight excluding hydrogens is 373 g/mol.